The molecule has 7 heteroatoms. The Morgan fingerprint density at radius 1 is 1.16 bits per heavy atom. The SMILES string of the molecule is CC(CNC(=O)NCc1ccccc1NS(C)(=O)=O)C1CCCCC1. The Morgan fingerprint density at radius 2 is 1.84 bits per heavy atom. The lowest BCUT2D eigenvalue weighted by atomic mass is 9.81. The number of amides is 2. The maximum atomic E-state index is 12.0. The fraction of sp³-hybridized carbons (Fsp3) is 0.611. The van der Waals surface area contributed by atoms with Crippen molar-refractivity contribution in [2.75, 3.05) is 17.5 Å². The maximum Gasteiger partial charge on any atom is 0.315 e. The van der Waals surface area contributed by atoms with Gasteiger partial charge in [-0.15, -0.1) is 0 Å². The highest BCUT2D eigenvalue weighted by Crippen LogP contribution is 2.29. The van der Waals surface area contributed by atoms with Crippen molar-refractivity contribution < 1.29 is 13.2 Å². The number of hydrogen-bond acceptors (Lipinski definition) is 3. The van der Waals surface area contributed by atoms with Crippen molar-refractivity contribution in [1.82, 2.24) is 10.6 Å². The normalized spacial score (nSPS) is 16.9. The smallest absolute Gasteiger partial charge is 0.315 e. The second-order valence-corrected chi connectivity index (χ2v) is 8.72. The maximum absolute atomic E-state index is 12.0. The zero-order valence-corrected chi connectivity index (χ0v) is 15.9. The second-order valence-electron chi connectivity index (χ2n) is 6.97. The Morgan fingerprint density at radius 3 is 2.52 bits per heavy atom. The van der Waals surface area contributed by atoms with Crippen molar-refractivity contribution in [3.8, 4) is 0 Å². The van der Waals surface area contributed by atoms with E-state index in [-0.39, 0.29) is 12.6 Å². The summed E-state index contributed by atoms with van der Waals surface area (Å²) in [6, 6.07) is 6.81. The molecule has 0 bridgehead atoms. The summed E-state index contributed by atoms with van der Waals surface area (Å²) in [5, 5.41) is 5.73. The summed E-state index contributed by atoms with van der Waals surface area (Å²) in [4.78, 5) is 12.0. The molecule has 25 heavy (non-hydrogen) atoms. The number of rotatable bonds is 7. The molecule has 0 aromatic heterocycles. The van der Waals surface area contributed by atoms with Gasteiger partial charge in [-0.05, 0) is 23.5 Å². The first-order valence-electron chi connectivity index (χ1n) is 8.92. The van der Waals surface area contributed by atoms with Gasteiger partial charge in [-0.2, -0.15) is 0 Å². The summed E-state index contributed by atoms with van der Waals surface area (Å²) in [5.41, 5.74) is 1.21. The van der Waals surface area contributed by atoms with Crippen LogP contribution >= 0.6 is 0 Å². The second kappa shape index (κ2) is 9.08. The molecule has 0 saturated heterocycles. The van der Waals surface area contributed by atoms with Gasteiger partial charge in [-0.3, -0.25) is 4.72 Å². The van der Waals surface area contributed by atoms with Crippen molar-refractivity contribution in [3.63, 3.8) is 0 Å². The van der Waals surface area contributed by atoms with Crippen LogP contribution in [-0.2, 0) is 16.6 Å². The molecule has 0 radical (unpaired) electrons. The number of carbonyl (C=O) groups is 1. The van der Waals surface area contributed by atoms with Gasteiger partial charge in [0.15, 0.2) is 0 Å². The Kier molecular flexibility index (Phi) is 7.11. The monoisotopic (exact) mass is 367 g/mol. The molecule has 2 rings (SSSR count). The number of sulfonamides is 1. The Hall–Kier alpha value is -1.76. The van der Waals surface area contributed by atoms with Gasteiger partial charge in [0.2, 0.25) is 10.0 Å². The highest BCUT2D eigenvalue weighted by molar-refractivity contribution is 7.92. The van der Waals surface area contributed by atoms with E-state index < -0.39 is 10.0 Å². The predicted octanol–water partition coefficient (Wildman–Crippen LogP) is 3.07. The summed E-state index contributed by atoms with van der Waals surface area (Å²) in [6.45, 7) is 3.13. The van der Waals surface area contributed by atoms with E-state index in [1.54, 1.807) is 18.2 Å². The predicted molar refractivity (Wildman–Crippen MR) is 101 cm³/mol. The van der Waals surface area contributed by atoms with Crippen molar-refractivity contribution in [2.45, 2.75) is 45.6 Å². The lowest BCUT2D eigenvalue weighted by Gasteiger charge is -2.27. The number of urea groups is 1. The van der Waals surface area contributed by atoms with Gasteiger partial charge in [0.25, 0.3) is 0 Å². The van der Waals surface area contributed by atoms with Gasteiger partial charge in [0, 0.05) is 13.1 Å². The van der Waals surface area contributed by atoms with Crippen LogP contribution in [0, 0.1) is 11.8 Å². The van der Waals surface area contributed by atoms with E-state index in [4.69, 9.17) is 0 Å². The number of nitrogens with one attached hydrogen (secondary N) is 3. The molecule has 0 aliphatic heterocycles. The quantitative estimate of drug-likeness (QED) is 0.692. The van der Waals surface area contributed by atoms with Crippen LogP contribution in [0.25, 0.3) is 0 Å². The zero-order valence-electron chi connectivity index (χ0n) is 15.0. The van der Waals surface area contributed by atoms with Crippen LogP contribution in [0.3, 0.4) is 0 Å². The third-order valence-electron chi connectivity index (χ3n) is 4.79. The summed E-state index contributed by atoms with van der Waals surface area (Å²) in [7, 11) is -3.35. The first-order valence-corrected chi connectivity index (χ1v) is 10.8. The Balaban J connectivity index is 1.80. The number of carbonyl (C=O) groups excluding carboxylic acids is 1. The fourth-order valence-corrected chi connectivity index (χ4v) is 3.93. The molecule has 1 aliphatic carbocycles. The Labute approximate surface area is 150 Å². The number of para-hydroxylation sites is 1. The average molecular weight is 368 g/mol. The number of benzene rings is 1. The largest absolute Gasteiger partial charge is 0.338 e. The average Bonchev–Trinajstić information content (AvgIpc) is 2.58. The molecule has 2 amide bonds. The molecule has 1 aliphatic rings. The highest BCUT2D eigenvalue weighted by Gasteiger charge is 2.20. The Bertz CT molecular complexity index is 670. The van der Waals surface area contributed by atoms with E-state index in [9.17, 15) is 13.2 Å². The van der Waals surface area contributed by atoms with Gasteiger partial charge in [-0.25, -0.2) is 13.2 Å². The van der Waals surface area contributed by atoms with Crippen molar-refractivity contribution >= 4 is 21.7 Å². The molecule has 1 aromatic rings. The minimum atomic E-state index is -3.35. The lowest BCUT2D eigenvalue weighted by Crippen LogP contribution is -2.39. The molecule has 0 heterocycles. The van der Waals surface area contributed by atoms with Crippen LogP contribution in [-0.4, -0.2) is 27.2 Å². The van der Waals surface area contributed by atoms with E-state index >= 15 is 0 Å². The van der Waals surface area contributed by atoms with Crippen LogP contribution in [0.1, 0.15) is 44.6 Å². The van der Waals surface area contributed by atoms with Crippen LogP contribution < -0.4 is 15.4 Å². The molecule has 6 nitrogen and oxygen atoms in total. The number of anilines is 1. The van der Waals surface area contributed by atoms with Gasteiger partial charge < -0.3 is 10.6 Å². The number of hydrogen-bond donors (Lipinski definition) is 3. The van der Waals surface area contributed by atoms with Crippen LogP contribution in [0.5, 0.6) is 0 Å². The summed E-state index contributed by atoms with van der Waals surface area (Å²) < 4.78 is 25.3. The van der Waals surface area contributed by atoms with Crippen LogP contribution in [0.2, 0.25) is 0 Å². The third kappa shape index (κ3) is 6.94. The van der Waals surface area contributed by atoms with E-state index in [0.717, 1.165) is 11.8 Å². The van der Waals surface area contributed by atoms with Crippen molar-refractivity contribution in [3.05, 3.63) is 29.8 Å². The first kappa shape index (κ1) is 19.6. The van der Waals surface area contributed by atoms with Crippen molar-refractivity contribution in [1.29, 1.82) is 0 Å². The molecule has 0 spiro atoms. The molecule has 1 atom stereocenters. The van der Waals surface area contributed by atoms with Gasteiger partial charge in [0.1, 0.15) is 0 Å². The van der Waals surface area contributed by atoms with Gasteiger partial charge in [-0.1, -0.05) is 57.2 Å². The first-order chi connectivity index (χ1) is 11.8. The summed E-state index contributed by atoms with van der Waals surface area (Å²) in [6.07, 6.45) is 7.55. The van der Waals surface area contributed by atoms with E-state index in [1.165, 1.54) is 32.1 Å². The zero-order chi connectivity index (χ0) is 18.3. The summed E-state index contributed by atoms with van der Waals surface area (Å²) >= 11 is 0. The van der Waals surface area contributed by atoms with Gasteiger partial charge in [0.05, 0.1) is 11.9 Å². The lowest BCUT2D eigenvalue weighted by molar-refractivity contribution is 0.228. The molecule has 1 fully saturated rings. The van der Waals surface area contributed by atoms with Crippen molar-refractivity contribution in [2.24, 2.45) is 11.8 Å². The van der Waals surface area contributed by atoms with E-state index in [1.807, 2.05) is 6.07 Å². The van der Waals surface area contributed by atoms with Crippen LogP contribution in [0.15, 0.2) is 24.3 Å². The molecule has 1 saturated carbocycles. The minimum Gasteiger partial charge on any atom is -0.338 e. The molecule has 1 unspecified atom stereocenters. The summed E-state index contributed by atoms with van der Waals surface area (Å²) in [5.74, 6) is 1.18. The molecule has 1 aromatic carbocycles. The molecule has 3 N–H and O–H groups in total. The molecular weight excluding hydrogens is 338 g/mol. The standard InChI is InChI=1S/C18H29N3O3S/c1-14(15-8-4-3-5-9-15)12-19-18(22)20-13-16-10-6-7-11-17(16)21-25(2,23)24/h6-7,10-11,14-15,21H,3-5,8-9,12-13H2,1-2H3,(H2,19,20,22). The third-order valence-corrected chi connectivity index (χ3v) is 5.38. The van der Waals surface area contributed by atoms with Gasteiger partial charge >= 0.3 is 6.03 Å². The van der Waals surface area contributed by atoms with Crippen LogP contribution in [0.4, 0.5) is 10.5 Å². The van der Waals surface area contributed by atoms with E-state index in [0.29, 0.717) is 24.1 Å². The highest BCUT2D eigenvalue weighted by atomic mass is 32.2. The molecule has 140 valence electrons. The van der Waals surface area contributed by atoms with E-state index in [2.05, 4.69) is 22.3 Å². The fourth-order valence-electron chi connectivity index (χ4n) is 3.34. The topological polar surface area (TPSA) is 87.3 Å². The minimum absolute atomic E-state index is 0.225. The molecular formula is C18H29N3O3S.